The van der Waals surface area contributed by atoms with Crippen molar-refractivity contribution < 1.29 is 13.2 Å². The highest BCUT2D eigenvalue weighted by Gasteiger charge is 2.41. The SMILES string of the molecule is Cc1ccc(C2CCC(C(F)(F)F)CC2)cc1C. The van der Waals surface area contributed by atoms with E-state index < -0.39 is 12.1 Å². The number of hydrogen-bond donors (Lipinski definition) is 0. The summed E-state index contributed by atoms with van der Waals surface area (Å²) in [5.74, 6) is -0.775. The lowest BCUT2D eigenvalue weighted by atomic mass is 9.78. The Labute approximate surface area is 106 Å². The molecule has 1 saturated carbocycles. The Morgan fingerprint density at radius 3 is 2.06 bits per heavy atom. The third-order valence-corrected chi connectivity index (χ3v) is 4.19. The molecule has 0 aliphatic heterocycles. The highest BCUT2D eigenvalue weighted by atomic mass is 19.4. The maximum atomic E-state index is 12.6. The lowest BCUT2D eigenvalue weighted by Crippen LogP contribution is -2.27. The van der Waals surface area contributed by atoms with Crippen molar-refractivity contribution in [3.05, 3.63) is 34.9 Å². The summed E-state index contributed by atoms with van der Waals surface area (Å²) in [6.45, 7) is 4.11. The zero-order valence-electron chi connectivity index (χ0n) is 10.8. The van der Waals surface area contributed by atoms with Gasteiger partial charge in [-0.2, -0.15) is 13.2 Å². The predicted molar refractivity (Wildman–Crippen MR) is 66.7 cm³/mol. The highest BCUT2D eigenvalue weighted by molar-refractivity contribution is 5.32. The molecule has 0 spiro atoms. The van der Waals surface area contributed by atoms with Gasteiger partial charge in [0.1, 0.15) is 0 Å². The van der Waals surface area contributed by atoms with Crippen molar-refractivity contribution in [2.75, 3.05) is 0 Å². The number of alkyl halides is 3. The molecule has 1 aromatic carbocycles. The van der Waals surface area contributed by atoms with Crippen molar-refractivity contribution in [3.63, 3.8) is 0 Å². The van der Waals surface area contributed by atoms with E-state index in [1.54, 1.807) is 0 Å². The minimum Gasteiger partial charge on any atom is -0.171 e. The fourth-order valence-electron chi connectivity index (χ4n) is 2.77. The fraction of sp³-hybridized carbons (Fsp3) is 0.600. The molecule has 0 nitrogen and oxygen atoms in total. The Kier molecular flexibility index (Phi) is 3.69. The third kappa shape index (κ3) is 2.88. The molecule has 100 valence electrons. The van der Waals surface area contributed by atoms with Crippen molar-refractivity contribution in [2.45, 2.75) is 51.6 Å². The van der Waals surface area contributed by atoms with Crippen LogP contribution < -0.4 is 0 Å². The van der Waals surface area contributed by atoms with Crippen molar-refractivity contribution >= 4 is 0 Å². The van der Waals surface area contributed by atoms with E-state index in [1.807, 2.05) is 0 Å². The summed E-state index contributed by atoms with van der Waals surface area (Å²) in [6, 6.07) is 6.27. The molecular weight excluding hydrogens is 237 g/mol. The van der Waals surface area contributed by atoms with Gasteiger partial charge >= 0.3 is 6.18 Å². The summed E-state index contributed by atoms with van der Waals surface area (Å²) in [5, 5.41) is 0. The van der Waals surface area contributed by atoms with E-state index in [1.165, 1.54) is 16.7 Å². The van der Waals surface area contributed by atoms with Gasteiger partial charge in [-0.1, -0.05) is 18.2 Å². The first-order valence-corrected chi connectivity index (χ1v) is 6.52. The first-order chi connectivity index (χ1) is 8.38. The second-order valence-corrected chi connectivity index (χ2v) is 5.43. The van der Waals surface area contributed by atoms with Crippen molar-refractivity contribution in [1.29, 1.82) is 0 Å². The Hall–Kier alpha value is -0.990. The van der Waals surface area contributed by atoms with Crippen LogP contribution in [0.25, 0.3) is 0 Å². The quantitative estimate of drug-likeness (QED) is 0.652. The molecule has 0 bridgehead atoms. The molecule has 0 radical (unpaired) electrons. The van der Waals surface area contributed by atoms with E-state index in [2.05, 4.69) is 32.0 Å². The van der Waals surface area contributed by atoms with E-state index in [4.69, 9.17) is 0 Å². The molecular formula is C15H19F3. The summed E-state index contributed by atoms with van der Waals surface area (Å²) < 4.78 is 37.8. The molecule has 3 heteroatoms. The fourth-order valence-corrected chi connectivity index (χ4v) is 2.77. The van der Waals surface area contributed by atoms with Crippen molar-refractivity contribution in [1.82, 2.24) is 0 Å². The molecule has 0 aromatic heterocycles. The molecule has 0 saturated heterocycles. The normalized spacial score (nSPS) is 25.2. The van der Waals surface area contributed by atoms with Crippen LogP contribution in [0.2, 0.25) is 0 Å². The van der Waals surface area contributed by atoms with Crippen LogP contribution in [0.1, 0.15) is 48.3 Å². The molecule has 1 aromatic rings. The smallest absolute Gasteiger partial charge is 0.171 e. The van der Waals surface area contributed by atoms with Crippen molar-refractivity contribution in [3.8, 4) is 0 Å². The zero-order valence-corrected chi connectivity index (χ0v) is 10.8. The van der Waals surface area contributed by atoms with Crippen LogP contribution >= 0.6 is 0 Å². The van der Waals surface area contributed by atoms with Crippen LogP contribution in [0, 0.1) is 19.8 Å². The van der Waals surface area contributed by atoms with E-state index in [0.717, 1.165) is 0 Å². The lowest BCUT2D eigenvalue weighted by molar-refractivity contribution is -0.182. The maximum absolute atomic E-state index is 12.6. The summed E-state index contributed by atoms with van der Waals surface area (Å²) in [5.41, 5.74) is 3.67. The second-order valence-electron chi connectivity index (χ2n) is 5.43. The van der Waals surface area contributed by atoms with Crippen LogP contribution in [-0.2, 0) is 0 Å². The predicted octanol–water partition coefficient (Wildman–Crippen LogP) is 5.14. The average molecular weight is 256 g/mol. The van der Waals surface area contributed by atoms with E-state index in [-0.39, 0.29) is 12.8 Å². The molecule has 18 heavy (non-hydrogen) atoms. The summed E-state index contributed by atoms with van der Waals surface area (Å²) in [7, 11) is 0. The summed E-state index contributed by atoms with van der Waals surface area (Å²) >= 11 is 0. The molecule has 2 rings (SSSR count). The molecule has 0 unspecified atom stereocenters. The maximum Gasteiger partial charge on any atom is 0.391 e. The largest absolute Gasteiger partial charge is 0.391 e. The molecule has 0 atom stereocenters. The van der Waals surface area contributed by atoms with Gasteiger partial charge in [0, 0.05) is 0 Å². The summed E-state index contributed by atoms with van der Waals surface area (Å²) in [6.07, 6.45) is -2.13. The van der Waals surface area contributed by atoms with Gasteiger partial charge in [-0.15, -0.1) is 0 Å². The number of hydrogen-bond acceptors (Lipinski definition) is 0. The lowest BCUT2D eigenvalue weighted by Gasteiger charge is -2.30. The average Bonchev–Trinajstić information content (AvgIpc) is 2.32. The zero-order chi connectivity index (χ0) is 13.3. The van der Waals surface area contributed by atoms with E-state index in [9.17, 15) is 13.2 Å². The van der Waals surface area contributed by atoms with Gasteiger partial charge in [0.25, 0.3) is 0 Å². The van der Waals surface area contributed by atoms with Crippen LogP contribution in [0.3, 0.4) is 0 Å². The Morgan fingerprint density at radius 1 is 0.944 bits per heavy atom. The van der Waals surface area contributed by atoms with Crippen molar-refractivity contribution in [2.24, 2.45) is 5.92 Å². The molecule has 0 N–H and O–H groups in total. The minimum atomic E-state index is -4.01. The van der Waals surface area contributed by atoms with Gasteiger partial charge < -0.3 is 0 Å². The minimum absolute atomic E-state index is 0.279. The molecule has 1 aliphatic carbocycles. The number of aryl methyl sites for hydroxylation is 2. The number of halogens is 3. The molecule has 1 aliphatic rings. The van der Waals surface area contributed by atoms with Gasteiger partial charge in [0.2, 0.25) is 0 Å². The van der Waals surface area contributed by atoms with Gasteiger partial charge in [-0.25, -0.2) is 0 Å². The number of rotatable bonds is 1. The molecule has 0 amide bonds. The topological polar surface area (TPSA) is 0 Å². The molecule has 1 fully saturated rings. The van der Waals surface area contributed by atoms with Crippen LogP contribution in [0.15, 0.2) is 18.2 Å². The third-order valence-electron chi connectivity index (χ3n) is 4.19. The van der Waals surface area contributed by atoms with Gasteiger partial charge in [-0.05, 0) is 62.1 Å². The van der Waals surface area contributed by atoms with Crippen LogP contribution in [0.4, 0.5) is 13.2 Å². The Morgan fingerprint density at radius 2 is 1.56 bits per heavy atom. The number of benzene rings is 1. The Bertz CT molecular complexity index is 412. The van der Waals surface area contributed by atoms with Crippen LogP contribution in [-0.4, -0.2) is 6.18 Å². The Balaban J connectivity index is 2.03. The van der Waals surface area contributed by atoms with E-state index in [0.29, 0.717) is 18.8 Å². The van der Waals surface area contributed by atoms with E-state index >= 15 is 0 Å². The van der Waals surface area contributed by atoms with Gasteiger partial charge in [0.05, 0.1) is 5.92 Å². The van der Waals surface area contributed by atoms with Gasteiger partial charge in [-0.3, -0.25) is 0 Å². The van der Waals surface area contributed by atoms with Gasteiger partial charge in [0.15, 0.2) is 0 Å². The monoisotopic (exact) mass is 256 g/mol. The first-order valence-electron chi connectivity index (χ1n) is 6.52. The highest BCUT2D eigenvalue weighted by Crippen LogP contribution is 2.42. The molecule has 0 heterocycles. The van der Waals surface area contributed by atoms with Crippen LogP contribution in [0.5, 0.6) is 0 Å². The summed E-state index contributed by atoms with van der Waals surface area (Å²) in [4.78, 5) is 0. The second kappa shape index (κ2) is 4.94. The standard InChI is InChI=1S/C15H19F3/c1-10-3-4-13(9-11(10)2)12-5-7-14(8-6-12)15(16,17)18/h3-4,9,12,14H,5-8H2,1-2H3. The first kappa shape index (κ1) is 13.4.